The standard InChI is InChI=1S/C50H33N3/c1-5-17-35(18-6-1)47-51-48(36-19-7-2-8-20-36)53-49(52-47)37-31-29-34(30-32-37)43-33-38-21-13-14-26-41(38)46-45(43)42-27-15-16-28-44(42)50(46,39-22-9-3-10-23-39)40-24-11-4-12-25-40/h1-33H. The molecule has 248 valence electrons. The van der Waals surface area contributed by atoms with Gasteiger partial charge >= 0.3 is 0 Å². The first kappa shape index (κ1) is 30.8. The molecule has 0 spiro atoms. The summed E-state index contributed by atoms with van der Waals surface area (Å²) in [4.78, 5) is 14.9. The molecular formula is C50H33N3. The summed E-state index contributed by atoms with van der Waals surface area (Å²) in [7, 11) is 0. The van der Waals surface area contributed by atoms with Gasteiger partial charge in [0.05, 0.1) is 5.41 Å². The molecule has 10 rings (SSSR count). The summed E-state index contributed by atoms with van der Waals surface area (Å²) in [5, 5.41) is 2.48. The highest BCUT2D eigenvalue weighted by atomic mass is 15.0. The minimum atomic E-state index is -0.503. The molecule has 0 atom stereocenters. The number of hydrogen-bond acceptors (Lipinski definition) is 3. The molecule has 0 unspecified atom stereocenters. The molecule has 0 saturated heterocycles. The van der Waals surface area contributed by atoms with E-state index in [2.05, 4.69) is 140 Å². The van der Waals surface area contributed by atoms with Crippen molar-refractivity contribution in [2.24, 2.45) is 0 Å². The van der Waals surface area contributed by atoms with Crippen LogP contribution in [-0.2, 0) is 5.41 Å². The van der Waals surface area contributed by atoms with Crippen LogP contribution in [-0.4, -0.2) is 15.0 Å². The monoisotopic (exact) mass is 675 g/mol. The fraction of sp³-hybridized carbons (Fsp3) is 0.0200. The molecular weight excluding hydrogens is 643 g/mol. The molecule has 1 aliphatic carbocycles. The molecule has 0 radical (unpaired) electrons. The maximum atomic E-state index is 4.99. The quantitative estimate of drug-likeness (QED) is 0.176. The molecule has 0 fully saturated rings. The first-order valence-electron chi connectivity index (χ1n) is 18.0. The third-order valence-corrected chi connectivity index (χ3v) is 10.6. The summed E-state index contributed by atoms with van der Waals surface area (Å²) in [5.41, 5.74) is 12.4. The second-order valence-electron chi connectivity index (χ2n) is 13.5. The van der Waals surface area contributed by atoms with Crippen LogP contribution in [0.2, 0.25) is 0 Å². The molecule has 53 heavy (non-hydrogen) atoms. The maximum Gasteiger partial charge on any atom is 0.164 e. The molecule has 1 aliphatic rings. The van der Waals surface area contributed by atoms with Crippen molar-refractivity contribution in [3.8, 4) is 56.4 Å². The van der Waals surface area contributed by atoms with Crippen LogP contribution < -0.4 is 0 Å². The van der Waals surface area contributed by atoms with Gasteiger partial charge in [0.15, 0.2) is 17.5 Å². The Balaban J connectivity index is 1.20. The summed E-state index contributed by atoms with van der Waals surface area (Å²) < 4.78 is 0. The van der Waals surface area contributed by atoms with Crippen molar-refractivity contribution in [2.45, 2.75) is 5.41 Å². The zero-order valence-corrected chi connectivity index (χ0v) is 28.9. The van der Waals surface area contributed by atoms with Crippen LogP contribution in [0.25, 0.3) is 67.2 Å². The van der Waals surface area contributed by atoms with Gasteiger partial charge in [-0.15, -0.1) is 0 Å². The van der Waals surface area contributed by atoms with E-state index in [0.717, 1.165) is 22.3 Å². The normalized spacial score (nSPS) is 12.7. The van der Waals surface area contributed by atoms with Crippen molar-refractivity contribution >= 4 is 10.8 Å². The van der Waals surface area contributed by atoms with E-state index >= 15 is 0 Å². The van der Waals surface area contributed by atoms with Gasteiger partial charge in [0.1, 0.15) is 0 Å². The Hall–Kier alpha value is -6.97. The molecule has 0 amide bonds. The zero-order chi connectivity index (χ0) is 35.2. The number of rotatable bonds is 6. The Kier molecular flexibility index (Phi) is 7.36. The molecule has 8 aromatic carbocycles. The number of fused-ring (bicyclic) bond motifs is 5. The first-order chi connectivity index (χ1) is 26.3. The Morgan fingerprint density at radius 2 is 0.774 bits per heavy atom. The summed E-state index contributed by atoms with van der Waals surface area (Å²) in [6.07, 6.45) is 0. The van der Waals surface area contributed by atoms with Crippen LogP contribution in [0, 0.1) is 0 Å². The first-order valence-corrected chi connectivity index (χ1v) is 18.0. The fourth-order valence-corrected chi connectivity index (χ4v) is 8.29. The number of hydrogen-bond donors (Lipinski definition) is 0. The van der Waals surface area contributed by atoms with E-state index in [1.54, 1.807) is 0 Å². The molecule has 0 saturated carbocycles. The highest BCUT2D eigenvalue weighted by Gasteiger charge is 2.48. The molecule has 1 heterocycles. The van der Waals surface area contributed by atoms with Crippen LogP contribution in [0.15, 0.2) is 200 Å². The predicted octanol–water partition coefficient (Wildman–Crippen LogP) is 12.1. The molecule has 1 aromatic heterocycles. The lowest BCUT2D eigenvalue weighted by Gasteiger charge is -2.35. The predicted molar refractivity (Wildman–Crippen MR) is 216 cm³/mol. The smallest absolute Gasteiger partial charge is 0.164 e. The second-order valence-corrected chi connectivity index (χ2v) is 13.5. The summed E-state index contributed by atoms with van der Waals surface area (Å²) in [6, 6.07) is 71.2. The van der Waals surface area contributed by atoms with Gasteiger partial charge in [-0.3, -0.25) is 0 Å². The second kappa shape index (κ2) is 12.7. The minimum Gasteiger partial charge on any atom is -0.208 e. The summed E-state index contributed by atoms with van der Waals surface area (Å²) >= 11 is 0. The summed E-state index contributed by atoms with van der Waals surface area (Å²) in [6.45, 7) is 0. The topological polar surface area (TPSA) is 38.7 Å². The zero-order valence-electron chi connectivity index (χ0n) is 28.9. The molecule has 0 N–H and O–H groups in total. The SMILES string of the molecule is c1ccc(-c2nc(-c3ccccc3)nc(-c3ccc(-c4cc5ccccc5c5c4-c4ccccc4C5(c4ccccc4)c4ccccc4)cc3)n2)cc1. The van der Waals surface area contributed by atoms with Crippen molar-refractivity contribution in [3.63, 3.8) is 0 Å². The van der Waals surface area contributed by atoms with Crippen LogP contribution in [0.4, 0.5) is 0 Å². The Labute approximate surface area is 309 Å². The molecule has 0 bridgehead atoms. The Morgan fingerprint density at radius 1 is 0.340 bits per heavy atom. The Bertz CT molecular complexity index is 2650. The lowest BCUT2D eigenvalue weighted by atomic mass is 9.66. The van der Waals surface area contributed by atoms with Crippen LogP contribution in [0.1, 0.15) is 22.3 Å². The Morgan fingerprint density at radius 3 is 1.34 bits per heavy atom. The van der Waals surface area contributed by atoms with Crippen molar-refractivity contribution in [2.75, 3.05) is 0 Å². The lowest BCUT2D eigenvalue weighted by Crippen LogP contribution is -2.28. The van der Waals surface area contributed by atoms with Gasteiger partial charge in [0.25, 0.3) is 0 Å². The fourth-order valence-electron chi connectivity index (χ4n) is 8.29. The largest absolute Gasteiger partial charge is 0.208 e. The van der Waals surface area contributed by atoms with Gasteiger partial charge in [-0.05, 0) is 61.3 Å². The van der Waals surface area contributed by atoms with Crippen LogP contribution in [0.5, 0.6) is 0 Å². The highest BCUT2D eigenvalue weighted by molar-refractivity contribution is 6.06. The molecule has 9 aromatic rings. The average molecular weight is 676 g/mol. The van der Waals surface area contributed by atoms with E-state index in [1.807, 2.05) is 60.7 Å². The number of nitrogens with zero attached hydrogens (tertiary/aromatic N) is 3. The summed E-state index contributed by atoms with van der Waals surface area (Å²) in [5.74, 6) is 1.95. The molecule has 3 nitrogen and oxygen atoms in total. The van der Waals surface area contributed by atoms with E-state index in [9.17, 15) is 0 Å². The third kappa shape index (κ3) is 5.01. The maximum absolute atomic E-state index is 4.99. The highest BCUT2D eigenvalue weighted by Crippen LogP contribution is 2.60. The van der Waals surface area contributed by atoms with Crippen LogP contribution >= 0.6 is 0 Å². The van der Waals surface area contributed by atoms with Gasteiger partial charge < -0.3 is 0 Å². The van der Waals surface area contributed by atoms with E-state index < -0.39 is 5.41 Å². The number of benzene rings is 8. The van der Waals surface area contributed by atoms with Crippen molar-refractivity contribution < 1.29 is 0 Å². The van der Waals surface area contributed by atoms with Crippen molar-refractivity contribution in [3.05, 3.63) is 222 Å². The van der Waals surface area contributed by atoms with Gasteiger partial charge in [0, 0.05) is 16.7 Å². The molecule has 3 heteroatoms. The van der Waals surface area contributed by atoms with Gasteiger partial charge in [0.2, 0.25) is 0 Å². The molecule has 0 aliphatic heterocycles. The van der Waals surface area contributed by atoms with E-state index in [-0.39, 0.29) is 0 Å². The minimum absolute atomic E-state index is 0.503. The van der Waals surface area contributed by atoms with Gasteiger partial charge in [-0.2, -0.15) is 0 Å². The van der Waals surface area contributed by atoms with E-state index in [1.165, 1.54) is 49.7 Å². The van der Waals surface area contributed by atoms with Gasteiger partial charge in [-0.25, -0.2) is 15.0 Å². The van der Waals surface area contributed by atoms with Crippen molar-refractivity contribution in [1.82, 2.24) is 15.0 Å². The van der Waals surface area contributed by atoms with Crippen LogP contribution in [0.3, 0.4) is 0 Å². The lowest BCUT2D eigenvalue weighted by molar-refractivity contribution is 0.775. The number of aromatic nitrogens is 3. The van der Waals surface area contributed by atoms with Crippen molar-refractivity contribution in [1.29, 1.82) is 0 Å². The van der Waals surface area contributed by atoms with Gasteiger partial charge in [-0.1, -0.05) is 194 Å². The van der Waals surface area contributed by atoms with E-state index in [0.29, 0.717) is 17.5 Å². The van der Waals surface area contributed by atoms with E-state index in [4.69, 9.17) is 15.0 Å². The average Bonchev–Trinajstić information content (AvgIpc) is 3.57. The third-order valence-electron chi connectivity index (χ3n) is 10.6.